The number of benzene rings is 1. The second-order valence-electron chi connectivity index (χ2n) is 3.21. The largest absolute Gasteiger partial charge is 0.448 e. The van der Waals surface area contributed by atoms with E-state index in [0.29, 0.717) is 5.76 Å². The molecule has 0 saturated heterocycles. The molecule has 0 bridgehead atoms. The molecule has 2 heteroatoms. The van der Waals surface area contributed by atoms with E-state index < -0.39 is 0 Å². The predicted octanol–water partition coefficient (Wildman–Crippen LogP) is 2.13. The first-order valence-electron chi connectivity index (χ1n) is 4.51. The average Bonchev–Trinajstić information content (AvgIpc) is 2.57. The van der Waals surface area contributed by atoms with Gasteiger partial charge in [0.05, 0.1) is 6.04 Å². The van der Waals surface area contributed by atoms with Gasteiger partial charge in [-0.3, -0.25) is 0 Å². The molecule has 0 saturated carbocycles. The molecule has 0 aliphatic carbocycles. The minimum Gasteiger partial charge on any atom is -0.448 e. The third kappa shape index (κ3) is 1.78. The van der Waals surface area contributed by atoms with Crippen LogP contribution in [0.25, 0.3) is 11.0 Å². The van der Waals surface area contributed by atoms with E-state index in [1.165, 1.54) is 0 Å². The molecule has 1 unspecified atom stereocenters. The highest BCUT2D eigenvalue weighted by molar-refractivity contribution is 5.78. The zero-order valence-electron chi connectivity index (χ0n) is 7.95. The van der Waals surface area contributed by atoms with Crippen molar-refractivity contribution in [1.82, 2.24) is 0 Å². The molecule has 1 heterocycles. The molecule has 0 amide bonds. The van der Waals surface area contributed by atoms with E-state index in [-0.39, 0.29) is 6.04 Å². The smallest absolute Gasteiger partial charge is 0.178 e. The summed E-state index contributed by atoms with van der Waals surface area (Å²) in [7, 11) is 0. The summed E-state index contributed by atoms with van der Waals surface area (Å²) in [6.45, 7) is 1.84. The lowest BCUT2D eigenvalue weighted by Crippen LogP contribution is -2.10. The van der Waals surface area contributed by atoms with E-state index in [2.05, 4.69) is 11.8 Å². The van der Waals surface area contributed by atoms with Crippen LogP contribution in [-0.2, 0) is 0 Å². The summed E-state index contributed by atoms with van der Waals surface area (Å²) in [4.78, 5) is 0. The Hall–Kier alpha value is -1.72. The van der Waals surface area contributed by atoms with Gasteiger partial charge in [0, 0.05) is 11.5 Å². The Morgan fingerprint density at radius 1 is 1.36 bits per heavy atom. The molecule has 0 radical (unpaired) electrons. The van der Waals surface area contributed by atoms with Crippen molar-refractivity contribution in [3.05, 3.63) is 36.1 Å². The summed E-state index contributed by atoms with van der Waals surface area (Å²) < 4.78 is 5.49. The van der Waals surface area contributed by atoms with Gasteiger partial charge in [0.15, 0.2) is 5.76 Å². The molecule has 2 aromatic rings. The molecule has 1 aromatic heterocycles. The van der Waals surface area contributed by atoms with Crippen molar-refractivity contribution < 1.29 is 4.42 Å². The lowest BCUT2D eigenvalue weighted by molar-refractivity contribution is 0.601. The summed E-state index contributed by atoms with van der Waals surface area (Å²) >= 11 is 0. The van der Waals surface area contributed by atoms with Gasteiger partial charge in [-0.2, -0.15) is 0 Å². The number of nitrogens with two attached hydrogens (primary N) is 1. The van der Waals surface area contributed by atoms with Crippen LogP contribution in [0.15, 0.2) is 34.7 Å². The van der Waals surface area contributed by atoms with Gasteiger partial charge in [0.2, 0.25) is 0 Å². The maximum absolute atomic E-state index is 5.52. The van der Waals surface area contributed by atoms with Gasteiger partial charge in [-0.15, -0.1) is 0 Å². The number of rotatable bonds is 0. The van der Waals surface area contributed by atoms with E-state index in [9.17, 15) is 0 Å². The van der Waals surface area contributed by atoms with Crippen LogP contribution in [0.2, 0.25) is 0 Å². The maximum Gasteiger partial charge on any atom is 0.178 e. The normalized spacial score (nSPS) is 12.1. The number of fused-ring (bicyclic) bond motifs is 1. The van der Waals surface area contributed by atoms with E-state index in [0.717, 1.165) is 11.0 Å². The molecule has 1 aromatic carbocycles. The summed E-state index contributed by atoms with van der Waals surface area (Å²) in [5, 5.41) is 1.07. The molecule has 0 aliphatic rings. The van der Waals surface area contributed by atoms with Crippen molar-refractivity contribution in [2.75, 3.05) is 0 Å². The Bertz CT molecular complexity index is 467. The molecule has 0 fully saturated rings. The Morgan fingerprint density at radius 2 is 2.14 bits per heavy atom. The van der Waals surface area contributed by atoms with Gasteiger partial charge in [-0.1, -0.05) is 24.1 Å². The monoisotopic (exact) mass is 185 g/mol. The van der Waals surface area contributed by atoms with Crippen LogP contribution in [-0.4, -0.2) is 6.04 Å². The standard InChI is InChI=1S/C12H11NO/c1-9(13)6-7-11-8-10-4-2-3-5-12(10)14-11/h2-5,8-9H,13H2,1H3. The summed E-state index contributed by atoms with van der Waals surface area (Å²) in [5.74, 6) is 6.42. The van der Waals surface area contributed by atoms with E-state index >= 15 is 0 Å². The molecular formula is C12H11NO. The predicted molar refractivity (Wildman–Crippen MR) is 56.7 cm³/mol. The van der Waals surface area contributed by atoms with Crippen LogP contribution in [0.1, 0.15) is 12.7 Å². The van der Waals surface area contributed by atoms with Gasteiger partial charge in [0.1, 0.15) is 5.58 Å². The zero-order valence-corrected chi connectivity index (χ0v) is 7.95. The first kappa shape index (κ1) is 8.86. The van der Waals surface area contributed by atoms with Gasteiger partial charge in [0.25, 0.3) is 0 Å². The van der Waals surface area contributed by atoms with Gasteiger partial charge < -0.3 is 10.2 Å². The second kappa shape index (κ2) is 3.57. The molecular weight excluding hydrogens is 174 g/mol. The Balaban J connectivity index is 2.42. The minimum atomic E-state index is -0.122. The first-order valence-corrected chi connectivity index (χ1v) is 4.51. The van der Waals surface area contributed by atoms with Crippen molar-refractivity contribution in [2.24, 2.45) is 5.73 Å². The van der Waals surface area contributed by atoms with Gasteiger partial charge >= 0.3 is 0 Å². The van der Waals surface area contributed by atoms with Crippen molar-refractivity contribution in [1.29, 1.82) is 0 Å². The highest BCUT2D eigenvalue weighted by Gasteiger charge is 1.98. The Labute approximate surface area is 82.7 Å². The third-order valence-corrected chi connectivity index (χ3v) is 1.85. The van der Waals surface area contributed by atoms with Crippen LogP contribution in [0.4, 0.5) is 0 Å². The van der Waals surface area contributed by atoms with Gasteiger partial charge in [-0.05, 0) is 18.9 Å². The molecule has 14 heavy (non-hydrogen) atoms. The Kier molecular flexibility index (Phi) is 2.26. The Morgan fingerprint density at radius 3 is 2.86 bits per heavy atom. The molecule has 70 valence electrons. The number of hydrogen-bond donors (Lipinski definition) is 1. The fraction of sp³-hybridized carbons (Fsp3) is 0.167. The molecule has 2 nitrogen and oxygen atoms in total. The van der Waals surface area contributed by atoms with Crippen LogP contribution in [0.3, 0.4) is 0 Å². The molecule has 0 spiro atoms. The van der Waals surface area contributed by atoms with Crippen molar-refractivity contribution in [3.63, 3.8) is 0 Å². The zero-order chi connectivity index (χ0) is 9.97. The molecule has 0 aliphatic heterocycles. The van der Waals surface area contributed by atoms with Crippen LogP contribution in [0, 0.1) is 11.8 Å². The van der Waals surface area contributed by atoms with Crippen molar-refractivity contribution in [2.45, 2.75) is 13.0 Å². The van der Waals surface area contributed by atoms with E-state index in [1.54, 1.807) is 0 Å². The number of para-hydroxylation sites is 1. The van der Waals surface area contributed by atoms with Crippen LogP contribution >= 0.6 is 0 Å². The summed E-state index contributed by atoms with van der Waals surface area (Å²) in [6, 6.07) is 9.63. The third-order valence-electron chi connectivity index (χ3n) is 1.85. The van der Waals surface area contributed by atoms with Crippen molar-refractivity contribution >= 4 is 11.0 Å². The van der Waals surface area contributed by atoms with Crippen LogP contribution in [0.5, 0.6) is 0 Å². The fourth-order valence-electron chi connectivity index (χ4n) is 1.23. The topological polar surface area (TPSA) is 39.2 Å². The van der Waals surface area contributed by atoms with Crippen LogP contribution < -0.4 is 5.73 Å². The van der Waals surface area contributed by atoms with Crippen molar-refractivity contribution in [3.8, 4) is 11.8 Å². The highest BCUT2D eigenvalue weighted by Crippen LogP contribution is 2.17. The van der Waals surface area contributed by atoms with E-state index in [1.807, 2.05) is 37.3 Å². The van der Waals surface area contributed by atoms with E-state index in [4.69, 9.17) is 10.2 Å². The summed E-state index contributed by atoms with van der Waals surface area (Å²) in [5.41, 5.74) is 6.38. The fourth-order valence-corrected chi connectivity index (χ4v) is 1.23. The lowest BCUT2D eigenvalue weighted by Gasteiger charge is -1.86. The second-order valence-corrected chi connectivity index (χ2v) is 3.21. The quantitative estimate of drug-likeness (QED) is 0.638. The SMILES string of the molecule is CC(N)C#Cc1cc2ccccc2o1. The number of furan rings is 1. The average molecular weight is 185 g/mol. The lowest BCUT2D eigenvalue weighted by atomic mass is 10.2. The molecule has 2 rings (SSSR count). The molecule has 1 atom stereocenters. The maximum atomic E-state index is 5.52. The summed E-state index contributed by atoms with van der Waals surface area (Å²) in [6.07, 6.45) is 0. The van der Waals surface area contributed by atoms with Gasteiger partial charge in [-0.25, -0.2) is 0 Å². The minimum absolute atomic E-state index is 0.122. The first-order chi connectivity index (χ1) is 6.75. The number of hydrogen-bond acceptors (Lipinski definition) is 2. The molecule has 2 N–H and O–H groups in total. The highest BCUT2D eigenvalue weighted by atomic mass is 16.3.